The first-order chi connectivity index (χ1) is 8.04. The molecule has 0 heteroatoms. The van der Waals surface area contributed by atoms with Crippen molar-refractivity contribution in [3.8, 4) is 11.1 Å². The topological polar surface area (TPSA) is 0 Å². The number of benzene rings is 2. The van der Waals surface area contributed by atoms with Crippen LogP contribution in [0, 0.1) is 5.41 Å². The molecule has 88 valence electrons. The molecular weight excluding hydrogens is 204 g/mol. The van der Waals surface area contributed by atoms with Crippen molar-refractivity contribution in [2.75, 3.05) is 0 Å². The number of hydrogen-bond donors (Lipinski definition) is 0. The van der Waals surface area contributed by atoms with Crippen molar-refractivity contribution < 1.29 is 0 Å². The van der Waals surface area contributed by atoms with Crippen LogP contribution >= 0.6 is 0 Å². The minimum Gasteiger partial charge on any atom is -0.0622 e. The smallest absolute Gasteiger partial charge is 0.0181 e. The summed E-state index contributed by atoms with van der Waals surface area (Å²) >= 11 is 0. The highest BCUT2D eigenvalue weighted by Crippen LogP contribution is 2.25. The van der Waals surface area contributed by atoms with Crippen LogP contribution in [0.3, 0.4) is 0 Å². The highest BCUT2D eigenvalue weighted by Gasteiger charge is 2.11. The Labute approximate surface area is 104 Å². The molecule has 2 rings (SSSR count). The van der Waals surface area contributed by atoms with E-state index in [9.17, 15) is 0 Å². The Kier molecular flexibility index (Phi) is 3.33. The van der Waals surface area contributed by atoms with Gasteiger partial charge in [-0.15, -0.1) is 0 Å². The van der Waals surface area contributed by atoms with Crippen LogP contribution in [-0.4, -0.2) is 0 Å². The van der Waals surface area contributed by atoms with Crippen molar-refractivity contribution in [3.05, 3.63) is 60.2 Å². The molecule has 0 unspecified atom stereocenters. The molecule has 2 aromatic rings. The van der Waals surface area contributed by atoms with Crippen LogP contribution in [0.2, 0.25) is 0 Å². The number of rotatable bonds is 2. The highest BCUT2D eigenvalue weighted by atomic mass is 14.2. The van der Waals surface area contributed by atoms with Gasteiger partial charge in [0, 0.05) is 0 Å². The van der Waals surface area contributed by atoms with Gasteiger partial charge in [-0.3, -0.25) is 0 Å². The summed E-state index contributed by atoms with van der Waals surface area (Å²) in [5.41, 5.74) is 4.37. The summed E-state index contributed by atoms with van der Waals surface area (Å²) in [7, 11) is 0. The zero-order chi connectivity index (χ0) is 12.3. The minimum absolute atomic E-state index is 0.343. The SMILES string of the molecule is CC(C)(C)Cc1cccc(-c2ccccc2)c1. The van der Waals surface area contributed by atoms with Crippen LogP contribution in [0.4, 0.5) is 0 Å². The van der Waals surface area contributed by atoms with E-state index in [-0.39, 0.29) is 0 Å². The van der Waals surface area contributed by atoms with Gasteiger partial charge < -0.3 is 0 Å². The lowest BCUT2D eigenvalue weighted by Gasteiger charge is -2.18. The molecule has 0 spiro atoms. The molecular formula is C17H20. The van der Waals surface area contributed by atoms with E-state index in [1.165, 1.54) is 16.7 Å². The summed E-state index contributed by atoms with van der Waals surface area (Å²) < 4.78 is 0. The molecule has 17 heavy (non-hydrogen) atoms. The first kappa shape index (κ1) is 11.9. The average molecular weight is 224 g/mol. The van der Waals surface area contributed by atoms with Crippen LogP contribution in [0.1, 0.15) is 26.3 Å². The maximum Gasteiger partial charge on any atom is -0.0181 e. The predicted molar refractivity (Wildman–Crippen MR) is 75.0 cm³/mol. The molecule has 0 saturated carbocycles. The normalized spacial score (nSPS) is 11.5. The molecule has 0 bridgehead atoms. The van der Waals surface area contributed by atoms with E-state index in [1.54, 1.807) is 0 Å². The molecule has 0 atom stereocenters. The fraction of sp³-hybridized carbons (Fsp3) is 0.294. The quantitative estimate of drug-likeness (QED) is 0.677. The van der Waals surface area contributed by atoms with E-state index < -0.39 is 0 Å². The van der Waals surface area contributed by atoms with Crippen molar-refractivity contribution in [3.63, 3.8) is 0 Å². The van der Waals surface area contributed by atoms with Gasteiger partial charge in [0.2, 0.25) is 0 Å². The molecule has 0 saturated heterocycles. The third-order valence-electron chi connectivity index (χ3n) is 2.77. The van der Waals surface area contributed by atoms with Crippen molar-refractivity contribution in [1.29, 1.82) is 0 Å². The van der Waals surface area contributed by atoms with E-state index in [0.29, 0.717) is 5.41 Å². The Bertz CT molecular complexity index is 475. The van der Waals surface area contributed by atoms with Crippen molar-refractivity contribution in [2.24, 2.45) is 5.41 Å². The maximum atomic E-state index is 2.31. The molecule has 0 aromatic heterocycles. The van der Waals surface area contributed by atoms with E-state index in [0.717, 1.165) is 6.42 Å². The monoisotopic (exact) mass is 224 g/mol. The van der Waals surface area contributed by atoms with E-state index in [2.05, 4.69) is 75.4 Å². The molecule has 0 aliphatic carbocycles. The summed E-state index contributed by atoms with van der Waals surface area (Å²) in [6.45, 7) is 6.84. The summed E-state index contributed by atoms with van der Waals surface area (Å²) in [4.78, 5) is 0. The lowest BCUT2D eigenvalue weighted by atomic mass is 9.87. The van der Waals surface area contributed by atoms with Gasteiger partial charge in [0.15, 0.2) is 0 Å². The molecule has 0 aliphatic heterocycles. The third kappa shape index (κ3) is 3.45. The summed E-state index contributed by atoms with van der Waals surface area (Å²) in [5.74, 6) is 0. The molecule has 0 radical (unpaired) electrons. The van der Waals surface area contributed by atoms with Gasteiger partial charge in [0.25, 0.3) is 0 Å². The van der Waals surface area contributed by atoms with Crippen LogP contribution < -0.4 is 0 Å². The van der Waals surface area contributed by atoms with Crippen molar-refractivity contribution in [1.82, 2.24) is 0 Å². The fourth-order valence-electron chi connectivity index (χ4n) is 2.10. The first-order valence-corrected chi connectivity index (χ1v) is 6.19. The van der Waals surface area contributed by atoms with Gasteiger partial charge in [-0.05, 0) is 28.5 Å². The summed E-state index contributed by atoms with van der Waals surface area (Å²) in [5, 5.41) is 0. The largest absolute Gasteiger partial charge is 0.0622 e. The zero-order valence-electron chi connectivity index (χ0n) is 10.9. The van der Waals surface area contributed by atoms with Gasteiger partial charge in [0.05, 0.1) is 0 Å². The standard InChI is InChI=1S/C17H20/c1-17(2,3)13-14-8-7-11-16(12-14)15-9-5-4-6-10-15/h4-12H,13H2,1-3H3. The second-order valence-electron chi connectivity index (χ2n) is 5.80. The van der Waals surface area contributed by atoms with Crippen LogP contribution in [0.15, 0.2) is 54.6 Å². The van der Waals surface area contributed by atoms with Gasteiger partial charge in [0.1, 0.15) is 0 Å². The maximum absolute atomic E-state index is 2.31. The minimum atomic E-state index is 0.343. The Morgan fingerprint density at radius 2 is 1.41 bits per heavy atom. The van der Waals surface area contributed by atoms with Crippen molar-refractivity contribution >= 4 is 0 Å². The van der Waals surface area contributed by atoms with Crippen LogP contribution in [-0.2, 0) is 6.42 Å². The Balaban J connectivity index is 2.29. The van der Waals surface area contributed by atoms with E-state index in [1.807, 2.05) is 0 Å². The fourth-order valence-corrected chi connectivity index (χ4v) is 2.10. The second-order valence-corrected chi connectivity index (χ2v) is 5.80. The van der Waals surface area contributed by atoms with Gasteiger partial charge in [-0.1, -0.05) is 75.4 Å². The average Bonchev–Trinajstić information content (AvgIpc) is 2.28. The number of hydrogen-bond acceptors (Lipinski definition) is 0. The molecule has 0 heterocycles. The van der Waals surface area contributed by atoms with Crippen LogP contribution in [0.25, 0.3) is 11.1 Å². The molecule has 0 amide bonds. The molecule has 0 N–H and O–H groups in total. The zero-order valence-corrected chi connectivity index (χ0v) is 10.9. The molecule has 0 aliphatic rings. The predicted octanol–water partition coefficient (Wildman–Crippen LogP) is 4.94. The van der Waals surface area contributed by atoms with Gasteiger partial charge >= 0.3 is 0 Å². The summed E-state index contributed by atoms with van der Waals surface area (Å²) in [6, 6.07) is 19.4. The Morgan fingerprint density at radius 1 is 0.765 bits per heavy atom. The third-order valence-corrected chi connectivity index (χ3v) is 2.77. The Morgan fingerprint density at radius 3 is 2.06 bits per heavy atom. The Hall–Kier alpha value is -1.56. The lowest BCUT2D eigenvalue weighted by molar-refractivity contribution is 0.411. The van der Waals surface area contributed by atoms with Gasteiger partial charge in [-0.2, -0.15) is 0 Å². The van der Waals surface area contributed by atoms with Gasteiger partial charge in [-0.25, -0.2) is 0 Å². The lowest BCUT2D eigenvalue weighted by Crippen LogP contribution is -2.08. The summed E-state index contributed by atoms with van der Waals surface area (Å²) in [6.07, 6.45) is 1.12. The molecule has 0 fully saturated rings. The van der Waals surface area contributed by atoms with E-state index in [4.69, 9.17) is 0 Å². The van der Waals surface area contributed by atoms with E-state index >= 15 is 0 Å². The van der Waals surface area contributed by atoms with Crippen molar-refractivity contribution in [2.45, 2.75) is 27.2 Å². The molecule has 0 nitrogen and oxygen atoms in total. The van der Waals surface area contributed by atoms with Crippen LogP contribution in [0.5, 0.6) is 0 Å². The second kappa shape index (κ2) is 4.75. The highest BCUT2D eigenvalue weighted by molar-refractivity contribution is 5.63. The first-order valence-electron chi connectivity index (χ1n) is 6.19. The molecule has 2 aromatic carbocycles.